The second kappa shape index (κ2) is 10.7. The molecule has 1 atom stereocenters. The first-order valence-corrected chi connectivity index (χ1v) is 14.1. The number of ether oxygens (including phenoxy) is 1. The molecule has 7 nitrogen and oxygen atoms in total. The number of carbonyl (C=O) groups excluding carboxylic acids is 1. The fraction of sp³-hybridized carbons (Fsp3) is 0.720. The number of hydrogen-bond acceptors (Lipinski definition) is 5. The molecule has 2 saturated heterocycles. The quantitative estimate of drug-likeness (QED) is 0.626. The van der Waals surface area contributed by atoms with E-state index in [2.05, 4.69) is 4.90 Å². The average Bonchev–Trinajstić information content (AvgIpc) is 2.84. The Morgan fingerprint density at radius 1 is 0.970 bits per heavy atom. The van der Waals surface area contributed by atoms with Crippen molar-refractivity contribution in [2.45, 2.75) is 69.2 Å². The van der Waals surface area contributed by atoms with Gasteiger partial charge in [0.15, 0.2) is 0 Å². The van der Waals surface area contributed by atoms with Gasteiger partial charge in [0.25, 0.3) is 5.91 Å². The first-order chi connectivity index (χ1) is 15.9. The van der Waals surface area contributed by atoms with E-state index in [1.165, 1.54) is 45.3 Å². The lowest BCUT2D eigenvalue weighted by Gasteiger charge is -2.37. The minimum atomic E-state index is -3.74. The number of rotatable bonds is 6. The van der Waals surface area contributed by atoms with Crippen molar-refractivity contribution in [3.05, 3.63) is 23.8 Å². The van der Waals surface area contributed by atoms with Gasteiger partial charge in [-0.2, -0.15) is 4.31 Å². The van der Waals surface area contributed by atoms with Gasteiger partial charge in [-0.3, -0.25) is 9.69 Å². The number of nitrogens with zero attached hydrogens (tertiary/aromatic N) is 3. The normalized spacial score (nSPS) is 24.1. The molecule has 4 rings (SSSR count). The molecular formula is C25H39N3O4S. The molecule has 33 heavy (non-hydrogen) atoms. The number of amides is 1. The summed E-state index contributed by atoms with van der Waals surface area (Å²) < 4.78 is 33.9. The van der Waals surface area contributed by atoms with Gasteiger partial charge in [-0.1, -0.05) is 25.7 Å². The first kappa shape index (κ1) is 24.5. The lowest BCUT2D eigenvalue weighted by Crippen LogP contribution is -2.50. The van der Waals surface area contributed by atoms with E-state index in [0.29, 0.717) is 30.9 Å². The highest BCUT2D eigenvalue weighted by atomic mass is 32.2. The van der Waals surface area contributed by atoms with Crippen LogP contribution in [0.2, 0.25) is 0 Å². The Kier molecular flexibility index (Phi) is 7.97. The fourth-order valence-corrected chi connectivity index (χ4v) is 7.50. The average molecular weight is 478 g/mol. The molecule has 1 amide bonds. The molecule has 1 unspecified atom stereocenters. The topological polar surface area (TPSA) is 70.2 Å². The Hall–Kier alpha value is -1.64. The van der Waals surface area contributed by atoms with E-state index < -0.39 is 10.0 Å². The van der Waals surface area contributed by atoms with Crippen LogP contribution in [-0.2, 0) is 10.0 Å². The lowest BCUT2D eigenvalue weighted by molar-refractivity contribution is 0.0606. The summed E-state index contributed by atoms with van der Waals surface area (Å²) in [6.45, 7) is 6.73. The van der Waals surface area contributed by atoms with E-state index in [-0.39, 0.29) is 16.8 Å². The van der Waals surface area contributed by atoms with Crippen LogP contribution in [0, 0.1) is 5.92 Å². The summed E-state index contributed by atoms with van der Waals surface area (Å²) in [4.78, 5) is 17.7. The standard InChI is InChI=1S/C25H39N3O4S/c1-20-8-6-7-13-28(20)33(30,31)24-18-22(11-12-23(24)32-2)25(29)27-16-14-26(15-17-27)19-21-9-4-3-5-10-21/h11-12,18,20-21H,3-10,13-17,19H2,1-2H3. The second-order valence-electron chi connectivity index (χ2n) is 9.92. The van der Waals surface area contributed by atoms with Crippen LogP contribution in [0.25, 0.3) is 0 Å². The Labute approximate surface area is 199 Å². The van der Waals surface area contributed by atoms with Crippen LogP contribution >= 0.6 is 0 Å². The molecule has 1 saturated carbocycles. The van der Waals surface area contributed by atoms with Crippen LogP contribution in [0.3, 0.4) is 0 Å². The maximum Gasteiger partial charge on any atom is 0.253 e. The van der Waals surface area contributed by atoms with E-state index in [1.54, 1.807) is 16.4 Å². The Balaban J connectivity index is 1.45. The summed E-state index contributed by atoms with van der Waals surface area (Å²) in [7, 11) is -2.26. The molecule has 3 fully saturated rings. The third kappa shape index (κ3) is 5.54. The molecule has 3 aliphatic rings. The third-order valence-corrected chi connectivity index (χ3v) is 9.67. The van der Waals surface area contributed by atoms with Gasteiger partial charge in [0.2, 0.25) is 10.0 Å². The third-order valence-electron chi connectivity index (χ3n) is 7.64. The van der Waals surface area contributed by atoms with Gasteiger partial charge in [-0.05, 0) is 56.7 Å². The van der Waals surface area contributed by atoms with Crippen molar-refractivity contribution in [1.82, 2.24) is 14.1 Å². The van der Waals surface area contributed by atoms with Crippen molar-refractivity contribution in [3.63, 3.8) is 0 Å². The molecule has 0 aromatic heterocycles. The zero-order chi connectivity index (χ0) is 23.4. The predicted molar refractivity (Wildman–Crippen MR) is 129 cm³/mol. The number of carbonyl (C=O) groups is 1. The SMILES string of the molecule is COc1ccc(C(=O)N2CCN(CC3CCCCC3)CC2)cc1S(=O)(=O)N1CCCCC1C. The maximum atomic E-state index is 13.5. The van der Waals surface area contributed by atoms with Crippen LogP contribution in [0.5, 0.6) is 5.75 Å². The second-order valence-corrected chi connectivity index (χ2v) is 11.8. The van der Waals surface area contributed by atoms with Crippen LogP contribution in [0.4, 0.5) is 0 Å². The molecule has 8 heteroatoms. The molecule has 0 spiro atoms. The van der Waals surface area contributed by atoms with Crippen molar-refractivity contribution in [3.8, 4) is 5.75 Å². The fourth-order valence-electron chi connectivity index (χ4n) is 5.62. The summed E-state index contributed by atoms with van der Waals surface area (Å²) in [6, 6.07) is 4.78. The van der Waals surface area contributed by atoms with Crippen molar-refractivity contribution in [1.29, 1.82) is 0 Å². The van der Waals surface area contributed by atoms with Gasteiger partial charge in [0.05, 0.1) is 7.11 Å². The molecule has 0 radical (unpaired) electrons. The Morgan fingerprint density at radius 2 is 1.67 bits per heavy atom. The summed E-state index contributed by atoms with van der Waals surface area (Å²) >= 11 is 0. The first-order valence-electron chi connectivity index (χ1n) is 12.6. The smallest absolute Gasteiger partial charge is 0.253 e. The Morgan fingerprint density at radius 3 is 2.33 bits per heavy atom. The highest BCUT2D eigenvalue weighted by Crippen LogP contribution is 2.32. The summed E-state index contributed by atoms with van der Waals surface area (Å²) in [5, 5.41) is 0. The number of methoxy groups -OCH3 is 1. The van der Waals surface area contributed by atoms with Crippen molar-refractivity contribution in [2.75, 3.05) is 46.4 Å². The van der Waals surface area contributed by atoms with Crippen LogP contribution in [0.15, 0.2) is 23.1 Å². The zero-order valence-electron chi connectivity index (χ0n) is 20.2. The van der Waals surface area contributed by atoms with Crippen molar-refractivity contribution < 1.29 is 17.9 Å². The minimum Gasteiger partial charge on any atom is -0.495 e. The monoisotopic (exact) mass is 477 g/mol. The number of sulfonamides is 1. The highest BCUT2D eigenvalue weighted by molar-refractivity contribution is 7.89. The molecule has 1 aromatic carbocycles. The van der Waals surface area contributed by atoms with E-state index in [9.17, 15) is 13.2 Å². The number of benzene rings is 1. The lowest BCUT2D eigenvalue weighted by atomic mass is 9.89. The van der Waals surface area contributed by atoms with E-state index in [0.717, 1.165) is 44.8 Å². The molecule has 1 aromatic rings. The Bertz CT molecular complexity index is 922. The van der Waals surface area contributed by atoms with Gasteiger partial charge >= 0.3 is 0 Å². The van der Waals surface area contributed by atoms with Gasteiger partial charge < -0.3 is 9.64 Å². The van der Waals surface area contributed by atoms with E-state index in [1.807, 2.05) is 11.8 Å². The summed E-state index contributed by atoms with van der Waals surface area (Å²) in [5.74, 6) is 0.993. The molecular weight excluding hydrogens is 438 g/mol. The molecule has 0 N–H and O–H groups in total. The number of hydrogen-bond donors (Lipinski definition) is 0. The molecule has 184 valence electrons. The van der Waals surface area contributed by atoms with Gasteiger partial charge in [-0.25, -0.2) is 8.42 Å². The summed E-state index contributed by atoms with van der Waals surface area (Å²) in [5.41, 5.74) is 0.416. The van der Waals surface area contributed by atoms with Gasteiger partial charge in [0.1, 0.15) is 10.6 Å². The van der Waals surface area contributed by atoms with Crippen molar-refractivity contribution >= 4 is 15.9 Å². The van der Waals surface area contributed by atoms with Crippen LogP contribution < -0.4 is 4.74 Å². The summed E-state index contributed by atoms with van der Waals surface area (Å²) in [6.07, 6.45) is 9.48. The largest absolute Gasteiger partial charge is 0.495 e. The van der Waals surface area contributed by atoms with Gasteiger partial charge in [0, 0.05) is 50.9 Å². The number of piperazine rings is 1. The molecule has 1 aliphatic carbocycles. The predicted octanol–water partition coefficient (Wildman–Crippen LogP) is 3.60. The van der Waals surface area contributed by atoms with E-state index >= 15 is 0 Å². The van der Waals surface area contributed by atoms with Crippen molar-refractivity contribution in [2.24, 2.45) is 5.92 Å². The van der Waals surface area contributed by atoms with Gasteiger partial charge in [-0.15, -0.1) is 0 Å². The number of piperidine rings is 1. The molecule has 0 bridgehead atoms. The van der Waals surface area contributed by atoms with Crippen LogP contribution in [0.1, 0.15) is 68.6 Å². The minimum absolute atomic E-state index is 0.0509. The maximum absolute atomic E-state index is 13.5. The molecule has 2 heterocycles. The molecule has 2 aliphatic heterocycles. The van der Waals surface area contributed by atoms with E-state index in [4.69, 9.17) is 4.74 Å². The zero-order valence-corrected chi connectivity index (χ0v) is 21.0. The van der Waals surface area contributed by atoms with Crippen LogP contribution in [-0.4, -0.2) is 80.9 Å². The highest BCUT2D eigenvalue weighted by Gasteiger charge is 2.34.